The number of anilines is 1. The van der Waals surface area contributed by atoms with Crippen LogP contribution in [-0.2, 0) is 0 Å². The molecule has 1 aromatic rings. The summed E-state index contributed by atoms with van der Waals surface area (Å²) in [6.45, 7) is 2.25. The summed E-state index contributed by atoms with van der Waals surface area (Å²) in [5, 5.41) is 0. The first-order chi connectivity index (χ1) is 6.79. The van der Waals surface area contributed by atoms with Crippen molar-refractivity contribution in [3.63, 3.8) is 0 Å². The van der Waals surface area contributed by atoms with Crippen LogP contribution in [0.5, 0.6) is 0 Å². The zero-order chi connectivity index (χ0) is 9.97. The Bertz CT molecular complexity index is 322. The SMILES string of the molecule is Brc1ccnc(N2CCCCC2)c1Br. The first-order valence-electron chi connectivity index (χ1n) is 4.84. The summed E-state index contributed by atoms with van der Waals surface area (Å²) in [4.78, 5) is 6.76. The van der Waals surface area contributed by atoms with Crippen LogP contribution in [0.2, 0.25) is 0 Å². The minimum absolute atomic E-state index is 1.07. The quantitative estimate of drug-likeness (QED) is 0.786. The monoisotopic (exact) mass is 318 g/mol. The standard InChI is InChI=1S/C10H12Br2N2/c11-8-4-5-13-10(9(8)12)14-6-2-1-3-7-14/h4-5H,1-3,6-7H2. The van der Waals surface area contributed by atoms with E-state index >= 15 is 0 Å². The van der Waals surface area contributed by atoms with Gasteiger partial charge < -0.3 is 4.90 Å². The molecule has 76 valence electrons. The largest absolute Gasteiger partial charge is 0.356 e. The highest BCUT2D eigenvalue weighted by Crippen LogP contribution is 2.32. The van der Waals surface area contributed by atoms with Gasteiger partial charge in [-0.2, -0.15) is 0 Å². The van der Waals surface area contributed by atoms with Gasteiger partial charge in [0.05, 0.1) is 4.47 Å². The van der Waals surface area contributed by atoms with Crippen molar-refractivity contribution in [1.29, 1.82) is 0 Å². The van der Waals surface area contributed by atoms with Crippen molar-refractivity contribution in [2.24, 2.45) is 0 Å². The van der Waals surface area contributed by atoms with Gasteiger partial charge in [-0.1, -0.05) is 0 Å². The van der Waals surface area contributed by atoms with Crippen molar-refractivity contribution in [1.82, 2.24) is 4.98 Å². The molecule has 0 unspecified atom stereocenters. The highest BCUT2D eigenvalue weighted by Gasteiger charge is 2.15. The van der Waals surface area contributed by atoms with E-state index in [2.05, 4.69) is 41.7 Å². The number of aromatic nitrogens is 1. The third-order valence-corrected chi connectivity index (χ3v) is 4.45. The molecule has 0 radical (unpaired) electrons. The van der Waals surface area contributed by atoms with E-state index < -0.39 is 0 Å². The molecule has 0 aromatic carbocycles. The maximum atomic E-state index is 4.41. The Morgan fingerprint density at radius 2 is 1.86 bits per heavy atom. The summed E-state index contributed by atoms with van der Waals surface area (Å²) in [7, 11) is 0. The van der Waals surface area contributed by atoms with E-state index in [9.17, 15) is 0 Å². The van der Waals surface area contributed by atoms with Crippen LogP contribution in [0.4, 0.5) is 5.82 Å². The molecule has 0 N–H and O–H groups in total. The molecule has 2 rings (SSSR count). The van der Waals surface area contributed by atoms with Crippen molar-refractivity contribution in [2.45, 2.75) is 19.3 Å². The highest BCUT2D eigenvalue weighted by atomic mass is 79.9. The predicted molar refractivity (Wildman–Crippen MR) is 65.7 cm³/mol. The Kier molecular flexibility index (Phi) is 3.44. The molecule has 0 atom stereocenters. The smallest absolute Gasteiger partial charge is 0.144 e. The predicted octanol–water partition coefficient (Wildman–Crippen LogP) is 3.60. The second kappa shape index (κ2) is 4.62. The molecule has 2 heterocycles. The molecule has 14 heavy (non-hydrogen) atoms. The Hall–Kier alpha value is -0.0900. The molecule has 0 spiro atoms. The van der Waals surface area contributed by atoms with Crippen molar-refractivity contribution >= 4 is 37.7 Å². The van der Waals surface area contributed by atoms with Gasteiger partial charge in [-0.25, -0.2) is 4.98 Å². The van der Waals surface area contributed by atoms with Crippen molar-refractivity contribution in [3.8, 4) is 0 Å². The Balaban J connectivity index is 2.26. The molecule has 0 bridgehead atoms. The van der Waals surface area contributed by atoms with Crippen LogP contribution in [0.25, 0.3) is 0 Å². The van der Waals surface area contributed by atoms with Crippen LogP contribution < -0.4 is 4.90 Å². The topological polar surface area (TPSA) is 16.1 Å². The van der Waals surface area contributed by atoms with Crippen LogP contribution in [0.1, 0.15) is 19.3 Å². The van der Waals surface area contributed by atoms with E-state index in [4.69, 9.17) is 0 Å². The van der Waals surface area contributed by atoms with Gasteiger partial charge in [-0.15, -0.1) is 0 Å². The number of hydrogen-bond donors (Lipinski definition) is 0. The maximum Gasteiger partial charge on any atom is 0.144 e. The second-order valence-corrected chi connectivity index (χ2v) is 5.13. The third-order valence-electron chi connectivity index (χ3n) is 2.48. The molecule has 0 amide bonds. The van der Waals surface area contributed by atoms with E-state index in [0.717, 1.165) is 27.9 Å². The summed E-state index contributed by atoms with van der Waals surface area (Å²) in [6.07, 6.45) is 5.75. The normalized spacial score (nSPS) is 17.1. The molecular weight excluding hydrogens is 308 g/mol. The molecule has 1 fully saturated rings. The number of hydrogen-bond acceptors (Lipinski definition) is 2. The molecular formula is C10H12Br2N2. The Morgan fingerprint density at radius 1 is 1.14 bits per heavy atom. The molecule has 1 aliphatic heterocycles. The molecule has 2 nitrogen and oxygen atoms in total. The van der Waals surface area contributed by atoms with Crippen LogP contribution >= 0.6 is 31.9 Å². The zero-order valence-electron chi connectivity index (χ0n) is 7.84. The third kappa shape index (κ3) is 2.11. The first-order valence-corrected chi connectivity index (χ1v) is 6.42. The summed E-state index contributed by atoms with van der Waals surface area (Å²) in [5.41, 5.74) is 0. The fraction of sp³-hybridized carbons (Fsp3) is 0.500. The maximum absolute atomic E-state index is 4.41. The molecule has 4 heteroatoms. The van der Waals surface area contributed by atoms with Crippen LogP contribution in [0, 0.1) is 0 Å². The van der Waals surface area contributed by atoms with Crippen molar-refractivity contribution < 1.29 is 0 Å². The Labute approximate surface area is 101 Å². The van der Waals surface area contributed by atoms with Gasteiger partial charge in [0.1, 0.15) is 5.82 Å². The molecule has 0 saturated carbocycles. The molecule has 0 aliphatic carbocycles. The zero-order valence-corrected chi connectivity index (χ0v) is 11.0. The van der Waals surface area contributed by atoms with E-state index in [0.29, 0.717) is 0 Å². The van der Waals surface area contributed by atoms with E-state index in [-0.39, 0.29) is 0 Å². The van der Waals surface area contributed by atoms with Crippen LogP contribution in [-0.4, -0.2) is 18.1 Å². The lowest BCUT2D eigenvalue weighted by Gasteiger charge is -2.28. The summed E-state index contributed by atoms with van der Waals surface area (Å²) < 4.78 is 2.15. The number of nitrogens with zero attached hydrogens (tertiary/aromatic N) is 2. The van der Waals surface area contributed by atoms with E-state index in [1.54, 1.807) is 0 Å². The van der Waals surface area contributed by atoms with Gasteiger partial charge in [0.2, 0.25) is 0 Å². The second-order valence-electron chi connectivity index (χ2n) is 3.48. The number of rotatable bonds is 1. The fourth-order valence-electron chi connectivity index (χ4n) is 1.74. The highest BCUT2D eigenvalue weighted by molar-refractivity contribution is 9.13. The van der Waals surface area contributed by atoms with Gasteiger partial charge in [-0.3, -0.25) is 0 Å². The average molecular weight is 320 g/mol. The van der Waals surface area contributed by atoms with Crippen LogP contribution in [0.15, 0.2) is 21.2 Å². The molecule has 1 aliphatic rings. The molecule has 1 saturated heterocycles. The Morgan fingerprint density at radius 3 is 2.57 bits per heavy atom. The van der Waals surface area contributed by atoms with E-state index in [1.165, 1.54) is 19.3 Å². The first kappa shape index (κ1) is 10.4. The number of halogens is 2. The fourth-order valence-corrected chi connectivity index (χ4v) is 2.52. The van der Waals surface area contributed by atoms with E-state index in [1.807, 2.05) is 12.3 Å². The minimum Gasteiger partial charge on any atom is -0.356 e. The lowest BCUT2D eigenvalue weighted by atomic mass is 10.1. The summed E-state index contributed by atoms with van der Waals surface area (Å²) >= 11 is 7.06. The van der Waals surface area contributed by atoms with Gasteiger partial charge in [-0.05, 0) is 57.2 Å². The minimum atomic E-state index is 1.07. The van der Waals surface area contributed by atoms with Gasteiger partial charge in [0, 0.05) is 23.8 Å². The van der Waals surface area contributed by atoms with Crippen molar-refractivity contribution in [3.05, 3.63) is 21.2 Å². The lowest BCUT2D eigenvalue weighted by Crippen LogP contribution is -2.30. The number of piperidine rings is 1. The average Bonchev–Trinajstić information content (AvgIpc) is 2.23. The summed E-state index contributed by atoms with van der Waals surface area (Å²) in [5.74, 6) is 1.07. The molecule has 1 aromatic heterocycles. The van der Waals surface area contributed by atoms with Gasteiger partial charge in [0.25, 0.3) is 0 Å². The van der Waals surface area contributed by atoms with Gasteiger partial charge >= 0.3 is 0 Å². The lowest BCUT2D eigenvalue weighted by molar-refractivity contribution is 0.572. The number of pyridine rings is 1. The van der Waals surface area contributed by atoms with Crippen molar-refractivity contribution in [2.75, 3.05) is 18.0 Å². The van der Waals surface area contributed by atoms with Crippen LogP contribution in [0.3, 0.4) is 0 Å². The summed E-state index contributed by atoms with van der Waals surface area (Å²) in [6, 6.07) is 1.96. The van der Waals surface area contributed by atoms with Gasteiger partial charge in [0.15, 0.2) is 0 Å².